The van der Waals surface area contributed by atoms with Crippen LogP contribution in [0, 0.1) is 0 Å². The molecule has 0 aliphatic carbocycles. The van der Waals surface area contributed by atoms with E-state index in [-0.39, 0.29) is 31.5 Å². The topological polar surface area (TPSA) is 93.7 Å². The van der Waals surface area contributed by atoms with Crippen molar-refractivity contribution in [2.24, 2.45) is 0 Å². The highest BCUT2D eigenvalue weighted by molar-refractivity contribution is 6.30. The van der Waals surface area contributed by atoms with Crippen molar-refractivity contribution >= 4 is 29.4 Å². The number of carbonyl (C=O) groups excluding carboxylic acids is 3. The van der Waals surface area contributed by atoms with Crippen molar-refractivity contribution in [2.45, 2.75) is 19.4 Å². The summed E-state index contributed by atoms with van der Waals surface area (Å²) < 4.78 is 9.70. The molecule has 1 aromatic rings. The molecule has 0 fully saturated rings. The molecule has 0 bridgehead atoms. The standard InChI is InChI=1S/C16H21ClN2O5/c1-11(9-23-2)19-14(20)10-24-15(21)7-8-18-16(22)12-3-5-13(17)6-4-12/h3-6,11H,7-10H2,1-2H3,(H,18,22)(H,19,20). The Morgan fingerprint density at radius 1 is 1.21 bits per heavy atom. The van der Waals surface area contributed by atoms with E-state index in [0.29, 0.717) is 17.2 Å². The summed E-state index contributed by atoms with van der Waals surface area (Å²) in [4.78, 5) is 34.8. The Morgan fingerprint density at radius 2 is 1.88 bits per heavy atom. The molecule has 0 spiro atoms. The van der Waals surface area contributed by atoms with Crippen LogP contribution in [-0.2, 0) is 19.1 Å². The maximum atomic E-state index is 11.8. The Morgan fingerprint density at radius 3 is 2.50 bits per heavy atom. The van der Waals surface area contributed by atoms with Gasteiger partial charge >= 0.3 is 5.97 Å². The summed E-state index contributed by atoms with van der Waals surface area (Å²) in [5, 5.41) is 5.74. The van der Waals surface area contributed by atoms with Crippen LogP contribution < -0.4 is 10.6 Å². The maximum absolute atomic E-state index is 11.8. The van der Waals surface area contributed by atoms with Crippen LogP contribution in [0.3, 0.4) is 0 Å². The van der Waals surface area contributed by atoms with Gasteiger partial charge in [-0.3, -0.25) is 14.4 Å². The molecular formula is C16H21ClN2O5. The van der Waals surface area contributed by atoms with Crippen LogP contribution in [0.5, 0.6) is 0 Å². The number of carbonyl (C=O) groups is 3. The normalized spacial score (nSPS) is 11.5. The minimum absolute atomic E-state index is 0.0275. The highest BCUT2D eigenvalue weighted by Crippen LogP contribution is 2.09. The van der Waals surface area contributed by atoms with Crippen LogP contribution in [-0.4, -0.2) is 50.7 Å². The predicted octanol–water partition coefficient (Wildman–Crippen LogP) is 1.15. The second kappa shape index (κ2) is 10.6. The van der Waals surface area contributed by atoms with E-state index in [9.17, 15) is 14.4 Å². The van der Waals surface area contributed by atoms with E-state index in [0.717, 1.165) is 0 Å². The highest BCUT2D eigenvalue weighted by Gasteiger charge is 2.11. The van der Waals surface area contributed by atoms with Crippen LogP contribution in [0.25, 0.3) is 0 Å². The van der Waals surface area contributed by atoms with E-state index in [1.165, 1.54) is 7.11 Å². The molecule has 1 unspecified atom stereocenters. The van der Waals surface area contributed by atoms with Gasteiger partial charge in [-0.25, -0.2) is 0 Å². The molecular weight excluding hydrogens is 336 g/mol. The quantitative estimate of drug-likeness (QED) is 0.647. The number of nitrogens with one attached hydrogen (secondary N) is 2. The Balaban J connectivity index is 2.20. The van der Waals surface area contributed by atoms with E-state index < -0.39 is 11.9 Å². The molecule has 0 aliphatic heterocycles. The zero-order valence-electron chi connectivity index (χ0n) is 13.6. The van der Waals surface area contributed by atoms with Crippen molar-refractivity contribution < 1.29 is 23.9 Å². The average molecular weight is 357 g/mol. The van der Waals surface area contributed by atoms with Crippen LogP contribution in [0.4, 0.5) is 0 Å². The number of esters is 1. The molecule has 0 aromatic heterocycles. The van der Waals surface area contributed by atoms with Gasteiger partial charge in [0.05, 0.1) is 13.0 Å². The maximum Gasteiger partial charge on any atom is 0.308 e. The van der Waals surface area contributed by atoms with Crippen LogP contribution in [0.15, 0.2) is 24.3 Å². The van der Waals surface area contributed by atoms with Gasteiger partial charge in [-0.1, -0.05) is 11.6 Å². The Kier molecular flexibility index (Phi) is 8.81. The molecule has 1 aromatic carbocycles. The number of benzene rings is 1. The number of rotatable bonds is 9. The monoisotopic (exact) mass is 356 g/mol. The molecule has 132 valence electrons. The summed E-state index contributed by atoms with van der Waals surface area (Å²) in [5.74, 6) is -1.29. The Labute approximate surface area is 145 Å². The van der Waals surface area contributed by atoms with Crippen LogP contribution in [0.1, 0.15) is 23.7 Å². The molecule has 8 heteroatoms. The van der Waals surface area contributed by atoms with E-state index in [1.54, 1.807) is 31.2 Å². The van der Waals surface area contributed by atoms with Gasteiger partial charge in [0.1, 0.15) is 0 Å². The molecule has 0 aliphatic rings. The predicted molar refractivity (Wildman–Crippen MR) is 88.8 cm³/mol. The van der Waals surface area contributed by atoms with Crippen molar-refractivity contribution in [1.29, 1.82) is 0 Å². The van der Waals surface area contributed by atoms with Crippen molar-refractivity contribution in [3.8, 4) is 0 Å². The summed E-state index contributed by atoms with van der Waals surface area (Å²) in [5.41, 5.74) is 0.444. The van der Waals surface area contributed by atoms with E-state index in [1.807, 2.05) is 0 Å². The van der Waals surface area contributed by atoms with Gasteiger partial charge in [-0.05, 0) is 31.2 Å². The lowest BCUT2D eigenvalue weighted by molar-refractivity contribution is -0.148. The minimum Gasteiger partial charge on any atom is -0.456 e. The summed E-state index contributed by atoms with van der Waals surface area (Å²) >= 11 is 5.74. The lowest BCUT2D eigenvalue weighted by atomic mass is 10.2. The van der Waals surface area contributed by atoms with Gasteiger partial charge in [0.25, 0.3) is 11.8 Å². The van der Waals surface area contributed by atoms with Crippen LogP contribution in [0.2, 0.25) is 5.02 Å². The number of hydrogen-bond acceptors (Lipinski definition) is 5. The zero-order chi connectivity index (χ0) is 17.9. The molecule has 1 atom stereocenters. The number of methoxy groups -OCH3 is 1. The molecule has 1 rings (SSSR count). The summed E-state index contributed by atoms with van der Waals surface area (Å²) in [6.45, 7) is 1.89. The fourth-order valence-corrected chi connectivity index (χ4v) is 1.93. The molecule has 0 saturated heterocycles. The van der Waals surface area contributed by atoms with Crippen molar-refractivity contribution in [1.82, 2.24) is 10.6 Å². The minimum atomic E-state index is -0.569. The van der Waals surface area contributed by atoms with Crippen molar-refractivity contribution in [3.05, 3.63) is 34.9 Å². The third-order valence-electron chi connectivity index (χ3n) is 2.91. The molecule has 0 heterocycles. The molecule has 2 amide bonds. The van der Waals surface area contributed by atoms with Crippen LogP contribution >= 0.6 is 11.6 Å². The zero-order valence-corrected chi connectivity index (χ0v) is 14.4. The fraction of sp³-hybridized carbons (Fsp3) is 0.438. The number of halogens is 1. The second-order valence-electron chi connectivity index (χ2n) is 5.10. The van der Waals surface area contributed by atoms with Gasteiger partial charge in [0.2, 0.25) is 0 Å². The van der Waals surface area contributed by atoms with Crippen molar-refractivity contribution in [3.63, 3.8) is 0 Å². The highest BCUT2D eigenvalue weighted by atomic mass is 35.5. The number of ether oxygens (including phenoxy) is 2. The fourth-order valence-electron chi connectivity index (χ4n) is 1.81. The first kappa shape index (κ1) is 19.9. The Bertz CT molecular complexity index is 562. The smallest absolute Gasteiger partial charge is 0.308 e. The Hall–Kier alpha value is -2.12. The van der Waals surface area contributed by atoms with Gasteiger partial charge in [0, 0.05) is 30.3 Å². The molecule has 24 heavy (non-hydrogen) atoms. The van der Waals surface area contributed by atoms with Crippen molar-refractivity contribution in [2.75, 3.05) is 26.9 Å². The third kappa shape index (κ3) is 7.94. The molecule has 0 saturated carbocycles. The second-order valence-corrected chi connectivity index (χ2v) is 5.53. The molecule has 2 N–H and O–H groups in total. The first-order valence-electron chi connectivity index (χ1n) is 7.40. The van der Waals surface area contributed by atoms with Gasteiger partial charge in [-0.2, -0.15) is 0 Å². The number of hydrogen-bond donors (Lipinski definition) is 2. The SMILES string of the molecule is COCC(C)NC(=O)COC(=O)CCNC(=O)c1ccc(Cl)cc1. The lowest BCUT2D eigenvalue weighted by Crippen LogP contribution is -2.38. The lowest BCUT2D eigenvalue weighted by Gasteiger charge is -2.12. The van der Waals surface area contributed by atoms with Gasteiger partial charge in [-0.15, -0.1) is 0 Å². The van der Waals surface area contributed by atoms with Gasteiger partial charge < -0.3 is 20.1 Å². The first-order chi connectivity index (χ1) is 11.4. The third-order valence-corrected chi connectivity index (χ3v) is 3.16. The summed E-state index contributed by atoms with van der Waals surface area (Å²) in [6, 6.07) is 6.21. The summed E-state index contributed by atoms with van der Waals surface area (Å²) in [7, 11) is 1.53. The molecule has 0 radical (unpaired) electrons. The van der Waals surface area contributed by atoms with Gasteiger partial charge in [0.15, 0.2) is 6.61 Å². The first-order valence-corrected chi connectivity index (χ1v) is 7.78. The van der Waals surface area contributed by atoms with E-state index in [4.69, 9.17) is 21.1 Å². The van der Waals surface area contributed by atoms with E-state index >= 15 is 0 Å². The van der Waals surface area contributed by atoms with E-state index in [2.05, 4.69) is 10.6 Å². The largest absolute Gasteiger partial charge is 0.456 e. The molecule has 7 nitrogen and oxygen atoms in total. The average Bonchev–Trinajstić information content (AvgIpc) is 2.53. The summed E-state index contributed by atoms with van der Waals surface area (Å²) in [6.07, 6.45) is -0.0275. The number of amides is 2.